The first-order valence-corrected chi connectivity index (χ1v) is 12.4. The molecule has 36 heavy (non-hydrogen) atoms. The molecule has 1 heterocycles. The minimum atomic E-state index is -0.290. The van der Waals surface area contributed by atoms with Gasteiger partial charge in [-0.25, -0.2) is 5.43 Å². The summed E-state index contributed by atoms with van der Waals surface area (Å²) in [7, 11) is 1.62. The molecule has 0 aliphatic carbocycles. The predicted octanol–water partition coefficient (Wildman–Crippen LogP) is 5.73. The minimum absolute atomic E-state index is 0.0968. The molecule has 0 atom stereocenters. The topological polar surface area (TPSA) is 81.4 Å². The average molecular weight is 518 g/mol. The Morgan fingerprint density at radius 2 is 1.78 bits per heavy atom. The zero-order chi connectivity index (χ0) is 25.3. The largest absolute Gasteiger partial charge is 0.497 e. The van der Waals surface area contributed by atoms with Gasteiger partial charge in [0.15, 0.2) is 11.0 Å². The van der Waals surface area contributed by atoms with E-state index in [4.69, 9.17) is 16.3 Å². The number of allylic oxidation sites excluding steroid dienone is 1. The van der Waals surface area contributed by atoms with Crippen molar-refractivity contribution >= 4 is 41.6 Å². The molecule has 0 radical (unpaired) electrons. The molecule has 0 unspecified atom stereocenters. The van der Waals surface area contributed by atoms with Crippen LogP contribution in [-0.2, 0) is 4.79 Å². The molecule has 1 aromatic heterocycles. The van der Waals surface area contributed by atoms with Gasteiger partial charge in [-0.15, -0.1) is 10.2 Å². The van der Waals surface area contributed by atoms with Crippen LogP contribution in [0.2, 0.25) is 0 Å². The van der Waals surface area contributed by atoms with E-state index >= 15 is 0 Å². The third-order valence-corrected chi connectivity index (χ3v) is 6.22. The third-order valence-electron chi connectivity index (χ3n) is 5.09. The lowest BCUT2D eigenvalue weighted by Gasteiger charge is -2.11. The lowest BCUT2D eigenvalue weighted by Crippen LogP contribution is -2.19. The summed E-state index contributed by atoms with van der Waals surface area (Å²) in [6.45, 7) is 2.03. The van der Waals surface area contributed by atoms with Crippen LogP contribution in [0, 0.1) is 6.92 Å². The molecule has 3 aromatic carbocycles. The standard InChI is InChI=1S/C27H24ClN5O2S/c1-19-8-10-21(11-9-19)26-31-32-27(33(26)23-12-14-24(35-2)15-13-23)36-18-25(34)30-29-17-22(28)16-20-6-4-3-5-7-20/h3-17H,18H2,1-2H3,(H,30,34)/b22-16-,29-17-. The molecule has 1 N–H and O–H groups in total. The highest BCUT2D eigenvalue weighted by Crippen LogP contribution is 2.29. The summed E-state index contributed by atoms with van der Waals surface area (Å²) in [5, 5.41) is 13.7. The van der Waals surface area contributed by atoms with Crippen LogP contribution in [0.3, 0.4) is 0 Å². The number of methoxy groups -OCH3 is 1. The average Bonchev–Trinajstić information content (AvgIpc) is 3.32. The van der Waals surface area contributed by atoms with E-state index in [0.717, 1.165) is 28.1 Å². The minimum Gasteiger partial charge on any atom is -0.497 e. The molecule has 0 spiro atoms. The van der Waals surface area contributed by atoms with E-state index in [-0.39, 0.29) is 11.7 Å². The van der Waals surface area contributed by atoms with Crippen LogP contribution in [0.1, 0.15) is 11.1 Å². The molecular formula is C27H24ClN5O2S. The Labute approximate surface area is 218 Å². The number of amides is 1. The van der Waals surface area contributed by atoms with Gasteiger partial charge in [-0.1, -0.05) is 83.5 Å². The molecule has 4 aromatic rings. The Morgan fingerprint density at radius 1 is 1.06 bits per heavy atom. The van der Waals surface area contributed by atoms with Gasteiger partial charge in [0.1, 0.15) is 5.75 Å². The molecule has 182 valence electrons. The van der Waals surface area contributed by atoms with E-state index in [9.17, 15) is 4.79 Å². The van der Waals surface area contributed by atoms with E-state index < -0.39 is 0 Å². The second-order valence-electron chi connectivity index (χ2n) is 7.73. The molecule has 0 fully saturated rings. The van der Waals surface area contributed by atoms with Crippen LogP contribution in [-0.4, -0.2) is 39.7 Å². The monoisotopic (exact) mass is 517 g/mol. The van der Waals surface area contributed by atoms with E-state index in [1.54, 1.807) is 13.2 Å². The van der Waals surface area contributed by atoms with E-state index in [2.05, 4.69) is 20.7 Å². The normalized spacial score (nSPS) is 11.6. The van der Waals surface area contributed by atoms with Gasteiger partial charge < -0.3 is 4.74 Å². The van der Waals surface area contributed by atoms with Crippen molar-refractivity contribution in [3.05, 3.63) is 95.0 Å². The van der Waals surface area contributed by atoms with Gasteiger partial charge in [-0.2, -0.15) is 5.10 Å². The Kier molecular flexibility index (Phi) is 8.54. The zero-order valence-corrected chi connectivity index (χ0v) is 21.3. The van der Waals surface area contributed by atoms with Gasteiger partial charge in [0, 0.05) is 11.3 Å². The van der Waals surface area contributed by atoms with Crippen molar-refractivity contribution < 1.29 is 9.53 Å². The maximum absolute atomic E-state index is 12.4. The second-order valence-corrected chi connectivity index (χ2v) is 9.11. The van der Waals surface area contributed by atoms with Crippen molar-refractivity contribution in [3.8, 4) is 22.8 Å². The summed E-state index contributed by atoms with van der Waals surface area (Å²) in [6.07, 6.45) is 3.16. The van der Waals surface area contributed by atoms with Crippen molar-refractivity contribution in [2.75, 3.05) is 12.9 Å². The molecule has 7 nitrogen and oxygen atoms in total. The molecular weight excluding hydrogens is 494 g/mol. The first kappa shape index (κ1) is 25.2. The van der Waals surface area contributed by atoms with Crippen molar-refractivity contribution in [2.45, 2.75) is 12.1 Å². The van der Waals surface area contributed by atoms with E-state index in [1.807, 2.05) is 90.4 Å². The highest BCUT2D eigenvalue weighted by Gasteiger charge is 2.17. The summed E-state index contributed by atoms with van der Waals surface area (Å²) in [5.41, 5.74) is 6.37. The Morgan fingerprint density at radius 3 is 2.47 bits per heavy atom. The quantitative estimate of drug-likeness (QED) is 0.174. The highest BCUT2D eigenvalue weighted by atomic mass is 35.5. The van der Waals surface area contributed by atoms with Crippen molar-refractivity contribution in [1.29, 1.82) is 0 Å². The van der Waals surface area contributed by atoms with Gasteiger partial charge >= 0.3 is 0 Å². The third kappa shape index (κ3) is 6.62. The fraction of sp³-hybridized carbons (Fsp3) is 0.111. The number of hydrazone groups is 1. The van der Waals surface area contributed by atoms with Crippen LogP contribution >= 0.6 is 23.4 Å². The molecule has 0 saturated carbocycles. The first-order valence-electron chi connectivity index (χ1n) is 11.1. The van der Waals surface area contributed by atoms with Crippen LogP contribution in [0.15, 0.2) is 94.2 Å². The first-order chi connectivity index (χ1) is 17.5. The molecule has 0 bridgehead atoms. The number of ether oxygens (including phenoxy) is 1. The summed E-state index contributed by atoms with van der Waals surface area (Å²) in [6, 6.07) is 25.3. The lowest BCUT2D eigenvalue weighted by molar-refractivity contribution is -0.118. The van der Waals surface area contributed by atoms with Gasteiger partial charge in [-0.3, -0.25) is 9.36 Å². The molecule has 0 saturated heterocycles. The lowest BCUT2D eigenvalue weighted by atomic mass is 10.1. The number of hydrogen-bond donors (Lipinski definition) is 1. The maximum Gasteiger partial charge on any atom is 0.250 e. The maximum atomic E-state index is 12.4. The SMILES string of the molecule is COc1ccc(-n2c(SCC(=O)N/N=C\C(Cl)=C\c3ccccc3)nnc2-c2ccc(C)cc2)cc1. The molecule has 9 heteroatoms. The summed E-state index contributed by atoms with van der Waals surface area (Å²) >= 11 is 7.44. The van der Waals surface area contributed by atoms with E-state index in [1.165, 1.54) is 18.0 Å². The predicted molar refractivity (Wildman–Crippen MR) is 146 cm³/mol. The molecule has 0 aliphatic heterocycles. The van der Waals surface area contributed by atoms with Crippen molar-refractivity contribution in [3.63, 3.8) is 0 Å². The van der Waals surface area contributed by atoms with Gasteiger partial charge in [0.2, 0.25) is 0 Å². The summed E-state index contributed by atoms with van der Waals surface area (Å²) in [4.78, 5) is 12.4. The number of carbonyl (C=O) groups is 1. The van der Waals surface area contributed by atoms with Gasteiger partial charge in [-0.05, 0) is 42.8 Å². The number of benzene rings is 3. The van der Waals surface area contributed by atoms with Gasteiger partial charge in [0.05, 0.1) is 24.1 Å². The number of nitrogens with zero attached hydrogens (tertiary/aromatic N) is 4. The number of thioether (sulfide) groups is 1. The summed E-state index contributed by atoms with van der Waals surface area (Å²) < 4.78 is 7.21. The molecule has 4 rings (SSSR count). The van der Waals surface area contributed by atoms with Crippen LogP contribution in [0.5, 0.6) is 5.75 Å². The summed E-state index contributed by atoms with van der Waals surface area (Å²) in [5.74, 6) is 1.23. The number of nitrogens with one attached hydrogen (secondary N) is 1. The van der Waals surface area contributed by atoms with Crippen molar-refractivity contribution in [1.82, 2.24) is 20.2 Å². The fourth-order valence-electron chi connectivity index (χ4n) is 3.29. The van der Waals surface area contributed by atoms with Crippen LogP contribution < -0.4 is 10.2 Å². The number of carbonyl (C=O) groups excluding carboxylic acids is 1. The highest BCUT2D eigenvalue weighted by molar-refractivity contribution is 7.99. The molecule has 1 amide bonds. The zero-order valence-electron chi connectivity index (χ0n) is 19.8. The Balaban J connectivity index is 1.48. The Bertz CT molecular complexity index is 1370. The van der Waals surface area contributed by atoms with Crippen LogP contribution in [0.25, 0.3) is 23.2 Å². The number of hydrogen-bond acceptors (Lipinski definition) is 6. The Hall–Kier alpha value is -3.88. The number of aromatic nitrogens is 3. The number of rotatable bonds is 9. The fourth-order valence-corrected chi connectivity index (χ4v) is 4.21. The van der Waals surface area contributed by atoms with Crippen molar-refractivity contribution in [2.24, 2.45) is 5.10 Å². The number of halogens is 1. The van der Waals surface area contributed by atoms with Crippen LogP contribution in [0.4, 0.5) is 0 Å². The number of aryl methyl sites for hydroxylation is 1. The van der Waals surface area contributed by atoms with E-state index in [0.29, 0.717) is 16.0 Å². The second kappa shape index (κ2) is 12.2. The van der Waals surface area contributed by atoms with Gasteiger partial charge in [0.25, 0.3) is 5.91 Å². The smallest absolute Gasteiger partial charge is 0.250 e. The molecule has 0 aliphatic rings.